The molecule has 0 saturated carbocycles. The fraction of sp³-hybridized carbons (Fsp3) is 0.600. The molecule has 0 atom stereocenters. The van der Waals surface area contributed by atoms with Gasteiger partial charge in [-0.2, -0.15) is 8.78 Å². The average molecular weight is 300 g/mol. The maximum atomic E-state index is 11.9. The molecule has 0 aliphatic carbocycles. The van der Waals surface area contributed by atoms with E-state index in [1.165, 1.54) is 6.92 Å². The number of nitrogens with zero attached hydrogens (tertiary/aromatic N) is 1. The molecule has 0 heterocycles. The highest BCUT2D eigenvalue weighted by molar-refractivity contribution is 7.80. The van der Waals surface area contributed by atoms with Crippen molar-refractivity contribution in [2.24, 2.45) is 5.73 Å². The predicted octanol–water partition coefficient (Wildman–Crippen LogP) is 2.59. The molecule has 0 spiro atoms. The van der Waals surface area contributed by atoms with E-state index in [0.29, 0.717) is 24.6 Å². The lowest BCUT2D eigenvalue weighted by Crippen LogP contribution is -2.22. The fourth-order valence-corrected chi connectivity index (χ4v) is 0.804. The van der Waals surface area contributed by atoms with E-state index in [9.17, 15) is 8.78 Å². The molecule has 18 heavy (non-hydrogen) atoms. The molecule has 0 amide bonds. The van der Waals surface area contributed by atoms with Gasteiger partial charge in [0.1, 0.15) is 0 Å². The zero-order valence-corrected chi connectivity index (χ0v) is 12.2. The van der Waals surface area contributed by atoms with Crippen molar-refractivity contribution < 1.29 is 18.6 Å². The van der Waals surface area contributed by atoms with Crippen LogP contribution in [0.2, 0.25) is 0 Å². The van der Waals surface area contributed by atoms with Crippen LogP contribution in [0.3, 0.4) is 0 Å². The molecule has 0 unspecified atom stereocenters. The highest BCUT2D eigenvalue weighted by Crippen LogP contribution is 2.12. The van der Waals surface area contributed by atoms with Crippen LogP contribution in [0.5, 0.6) is 0 Å². The van der Waals surface area contributed by atoms with Gasteiger partial charge >= 0.3 is 0 Å². The van der Waals surface area contributed by atoms with Gasteiger partial charge in [-0.05, 0) is 49.8 Å². The lowest BCUT2D eigenvalue weighted by molar-refractivity contribution is 0.263. The molecule has 4 nitrogen and oxygen atoms in total. The third kappa shape index (κ3) is 15.0. The summed E-state index contributed by atoms with van der Waals surface area (Å²) in [6, 6.07) is 0. The van der Waals surface area contributed by atoms with E-state index in [-0.39, 0.29) is 5.57 Å². The first-order valence-electron chi connectivity index (χ1n) is 5.01. The van der Waals surface area contributed by atoms with Crippen LogP contribution in [0.15, 0.2) is 11.7 Å². The van der Waals surface area contributed by atoms with Gasteiger partial charge in [0, 0.05) is 14.1 Å². The number of ether oxygens (including phenoxy) is 1. The first-order valence-corrected chi connectivity index (χ1v) is 5.83. The van der Waals surface area contributed by atoms with Crippen molar-refractivity contribution in [1.29, 1.82) is 0 Å². The molecule has 3 N–H and O–H groups in total. The number of halogens is 2. The first kappa shape index (κ1) is 19.3. The number of thiocarbonyl (C=S) groups is 2. The maximum Gasteiger partial charge on any atom is 0.269 e. The Balaban J connectivity index is 0. The Kier molecular flexibility index (Phi) is 11.9. The molecule has 0 rings (SSSR count). The molecule has 0 aliphatic heterocycles. The summed E-state index contributed by atoms with van der Waals surface area (Å²) in [6.07, 6.45) is -0.699. The van der Waals surface area contributed by atoms with Gasteiger partial charge in [0.15, 0.2) is 0 Å². The molecule has 0 saturated heterocycles. The van der Waals surface area contributed by atoms with Crippen LogP contribution in [0.1, 0.15) is 19.8 Å². The molecule has 106 valence electrons. The number of nitrogens with two attached hydrogens (primary N) is 1. The Labute approximate surface area is 116 Å². The van der Waals surface area contributed by atoms with Gasteiger partial charge in [0.05, 0.1) is 6.61 Å². The second-order valence-corrected chi connectivity index (χ2v) is 4.26. The van der Waals surface area contributed by atoms with Crippen LogP contribution < -0.4 is 5.73 Å². The quantitative estimate of drug-likeness (QED) is 0.615. The lowest BCUT2D eigenvalue weighted by Gasteiger charge is -2.14. The summed E-state index contributed by atoms with van der Waals surface area (Å²) < 4.78 is 29.0. The topological polar surface area (TPSA) is 58.7 Å². The van der Waals surface area contributed by atoms with Crippen molar-refractivity contribution >= 4 is 34.8 Å². The van der Waals surface area contributed by atoms with Crippen LogP contribution in [-0.4, -0.2) is 41.1 Å². The zero-order valence-electron chi connectivity index (χ0n) is 10.6. The van der Waals surface area contributed by atoms with Gasteiger partial charge in [-0.15, -0.1) is 0 Å². The molecule has 0 radical (unpaired) electrons. The highest BCUT2D eigenvalue weighted by atomic mass is 32.1. The molecule has 0 fully saturated rings. The molecule has 8 heteroatoms. The molecular weight excluding hydrogens is 282 g/mol. The van der Waals surface area contributed by atoms with Gasteiger partial charge in [-0.25, -0.2) is 0 Å². The van der Waals surface area contributed by atoms with Gasteiger partial charge in [-0.3, -0.25) is 0 Å². The smallest absolute Gasteiger partial charge is 0.269 e. The standard InChI is InChI=1S/C9H15F2NOS.CH3NOS/c1-7(8(10)11)5-4-6-13-9(14)12(2)3;2-1(3)4/h4-6H2,1-3H3;(H3,2,3,4). The van der Waals surface area contributed by atoms with Crippen LogP contribution in [0.25, 0.3) is 0 Å². The number of aliphatic hydroxyl groups is 1. The van der Waals surface area contributed by atoms with Crippen LogP contribution in [-0.2, 0) is 4.74 Å². The molecule has 0 aromatic rings. The molecule has 0 bridgehead atoms. The van der Waals surface area contributed by atoms with E-state index in [1.54, 1.807) is 19.0 Å². The van der Waals surface area contributed by atoms with Crippen LogP contribution >= 0.6 is 24.4 Å². The summed E-state index contributed by atoms with van der Waals surface area (Å²) in [7, 11) is 3.55. The van der Waals surface area contributed by atoms with E-state index in [0.717, 1.165) is 0 Å². The minimum absolute atomic E-state index is 0.115. The van der Waals surface area contributed by atoms with Gasteiger partial charge in [-0.1, -0.05) is 0 Å². The largest absolute Gasteiger partial charge is 0.487 e. The van der Waals surface area contributed by atoms with Crippen molar-refractivity contribution in [2.45, 2.75) is 19.8 Å². The Morgan fingerprint density at radius 3 is 2.11 bits per heavy atom. The maximum absolute atomic E-state index is 11.9. The second kappa shape index (κ2) is 11.1. The number of hydrogen-bond acceptors (Lipinski definition) is 3. The molecule has 0 aromatic heterocycles. The fourth-order valence-electron chi connectivity index (χ4n) is 0.720. The number of allylic oxidation sites excluding steroid dienone is 1. The van der Waals surface area contributed by atoms with E-state index >= 15 is 0 Å². The predicted molar refractivity (Wildman–Crippen MR) is 75.8 cm³/mol. The molecule has 0 aliphatic rings. The van der Waals surface area contributed by atoms with Crippen molar-refractivity contribution in [2.75, 3.05) is 20.7 Å². The summed E-state index contributed by atoms with van der Waals surface area (Å²) in [6.45, 7) is 1.79. The Bertz CT molecular complexity index is 302. The van der Waals surface area contributed by atoms with Crippen LogP contribution in [0, 0.1) is 0 Å². The summed E-state index contributed by atoms with van der Waals surface area (Å²) in [4.78, 5) is 1.66. The zero-order chi connectivity index (χ0) is 14.7. The minimum Gasteiger partial charge on any atom is -0.487 e. The molecular formula is C10H18F2N2O2S2. The monoisotopic (exact) mass is 300 g/mol. The summed E-state index contributed by atoms with van der Waals surface area (Å²) >= 11 is 8.72. The lowest BCUT2D eigenvalue weighted by atomic mass is 10.2. The summed E-state index contributed by atoms with van der Waals surface area (Å²) in [5, 5.41) is 7.45. The highest BCUT2D eigenvalue weighted by Gasteiger charge is 2.02. The second-order valence-electron chi connectivity index (χ2n) is 3.49. The van der Waals surface area contributed by atoms with E-state index in [2.05, 4.69) is 18.0 Å². The average Bonchev–Trinajstić information content (AvgIpc) is 2.22. The van der Waals surface area contributed by atoms with Crippen molar-refractivity contribution in [3.05, 3.63) is 11.7 Å². The molecule has 0 aromatic carbocycles. The van der Waals surface area contributed by atoms with E-state index in [4.69, 9.17) is 22.1 Å². The third-order valence-corrected chi connectivity index (χ3v) is 2.09. The summed E-state index contributed by atoms with van der Waals surface area (Å²) in [5.74, 6) is 0. The number of aliphatic hydroxyl groups excluding tert-OH is 1. The Morgan fingerprint density at radius 1 is 1.33 bits per heavy atom. The summed E-state index contributed by atoms with van der Waals surface area (Å²) in [5.41, 5.74) is 4.51. The van der Waals surface area contributed by atoms with Crippen molar-refractivity contribution in [3.8, 4) is 0 Å². The Morgan fingerprint density at radius 2 is 1.78 bits per heavy atom. The minimum atomic E-state index is -1.60. The number of hydrogen-bond donors (Lipinski definition) is 2. The van der Waals surface area contributed by atoms with Crippen molar-refractivity contribution in [3.63, 3.8) is 0 Å². The van der Waals surface area contributed by atoms with Gasteiger partial charge < -0.3 is 20.5 Å². The SMILES string of the molecule is CC(CCCOC(=S)N(C)C)=C(F)F.NC(O)=S. The van der Waals surface area contributed by atoms with Gasteiger partial charge in [0.25, 0.3) is 16.4 Å². The van der Waals surface area contributed by atoms with Crippen LogP contribution in [0.4, 0.5) is 8.78 Å². The van der Waals surface area contributed by atoms with E-state index in [1.807, 2.05) is 0 Å². The normalized spacial score (nSPS) is 8.72. The Hall–Kier alpha value is -1.02. The van der Waals surface area contributed by atoms with E-state index < -0.39 is 11.3 Å². The third-order valence-electron chi connectivity index (χ3n) is 1.61. The first-order chi connectivity index (χ1) is 8.18. The number of rotatable bonds is 4. The van der Waals surface area contributed by atoms with Gasteiger partial charge in [0.2, 0.25) is 0 Å². The van der Waals surface area contributed by atoms with Crippen molar-refractivity contribution in [1.82, 2.24) is 4.90 Å².